The summed E-state index contributed by atoms with van der Waals surface area (Å²) in [6, 6.07) is 17.8. The second-order valence-electron chi connectivity index (χ2n) is 5.26. The van der Waals surface area contributed by atoms with Gasteiger partial charge in [-0.15, -0.1) is 0 Å². The van der Waals surface area contributed by atoms with Crippen molar-refractivity contribution in [3.05, 3.63) is 54.6 Å². The zero-order chi connectivity index (χ0) is 15.1. The number of esters is 1. The molecule has 0 aliphatic rings. The molecule has 0 N–H and O–H groups in total. The molecule has 21 heavy (non-hydrogen) atoms. The van der Waals surface area contributed by atoms with Crippen molar-refractivity contribution in [3.63, 3.8) is 0 Å². The Labute approximate surface area is 125 Å². The minimum Gasteiger partial charge on any atom is -0.482 e. The van der Waals surface area contributed by atoms with E-state index in [9.17, 15) is 4.79 Å². The summed E-state index contributed by atoms with van der Waals surface area (Å²) < 4.78 is 10.5. The van der Waals surface area contributed by atoms with E-state index in [4.69, 9.17) is 9.47 Å². The Kier molecular flexibility index (Phi) is 5.38. The number of ether oxygens (including phenoxy) is 2. The van der Waals surface area contributed by atoms with Crippen molar-refractivity contribution in [3.8, 4) is 16.9 Å². The van der Waals surface area contributed by atoms with Gasteiger partial charge < -0.3 is 9.47 Å². The summed E-state index contributed by atoms with van der Waals surface area (Å²) in [5.41, 5.74) is 2.27. The van der Waals surface area contributed by atoms with Gasteiger partial charge in [-0.25, -0.2) is 4.79 Å². The average molecular weight is 284 g/mol. The Morgan fingerprint density at radius 3 is 2.19 bits per heavy atom. The fraction of sp³-hybridized carbons (Fsp3) is 0.278. The third kappa shape index (κ3) is 4.95. The number of carbonyl (C=O) groups is 1. The molecule has 0 atom stereocenters. The second-order valence-corrected chi connectivity index (χ2v) is 5.26. The van der Waals surface area contributed by atoms with Gasteiger partial charge in [0.05, 0.1) is 6.61 Å². The normalized spacial score (nSPS) is 10.4. The Morgan fingerprint density at radius 1 is 0.952 bits per heavy atom. The van der Waals surface area contributed by atoms with E-state index in [1.165, 1.54) is 0 Å². The maximum Gasteiger partial charge on any atom is 0.344 e. The Hall–Kier alpha value is -2.29. The van der Waals surface area contributed by atoms with Crippen LogP contribution >= 0.6 is 0 Å². The molecule has 3 nitrogen and oxygen atoms in total. The number of rotatable bonds is 6. The smallest absolute Gasteiger partial charge is 0.344 e. The first-order chi connectivity index (χ1) is 10.1. The van der Waals surface area contributed by atoms with Gasteiger partial charge in [0, 0.05) is 0 Å². The maximum absolute atomic E-state index is 11.5. The average Bonchev–Trinajstić information content (AvgIpc) is 2.52. The summed E-state index contributed by atoms with van der Waals surface area (Å²) in [4.78, 5) is 11.5. The highest BCUT2D eigenvalue weighted by atomic mass is 16.6. The number of benzene rings is 2. The lowest BCUT2D eigenvalue weighted by atomic mass is 10.1. The van der Waals surface area contributed by atoms with Gasteiger partial charge >= 0.3 is 5.97 Å². The third-order valence-corrected chi connectivity index (χ3v) is 2.90. The molecule has 0 bridgehead atoms. The predicted molar refractivity (Wildman–Crippen MR) is 83.2 cm³/mol. The molecule has 0 heterocycles. The van der Waals surface area contributed by atoms with E-state index in [0.717, 1.165) is 11.1 Å². The third-order valence-electron chi connectivity index (χ3n) is 2.90. The molecule has 0 aromatic heterocycles. The molecule has 110 valence electrons. The Balaban J connectivity index is 1.87. The molecule has 2 rings (SSSR count). The summed E-state index contributed by atoms with van der Waals surface area (Å²) in [5.74, 6) is 0.658. The molecule has 0 radical (unpaired) electrons. The standard InChI is InChI=1S/C18H20O3/c1-14(2)12-21-18(19)13-20-17-10-8-16(9-11-17)15-6-4-3-5-7-15/h3-11,14H,12-13H2,1-2H3. The van der Waals surface area contributed by atoms with Crippen LogP contribution in [0.25, 0.3) is 11.1 Å². The Morgan fingerprint density at radius 2 is 1.57 bits per heavy atom. The van der Waals surface area contributed by atoms with Crippen LogP contribution in [0.15, 0.2) is 54.6 Å². The van der Waals surface area contributed by atoms with Crippen molar-refractivity contribution >= 4 is 5.97 Å². The summed E-state index contributed by atoms with van der Waals surface area (Å²) in [6.45, 7) is 4.36. The van der Waals surface area contributed by atoms with Crippen molar-refractivity contribution in [2.24, 2.45) is 5.92 Å². The first-order valence-corrected chi connectivity index (χ1v) is 7.09. The van der Waals surface area contributed by atoms with Crippen LogP contribution < -0.4 is 4.74 Å². The van der Waals surface area contributed by atoms with Crippen molar-refractivity contribution in [1.29, 1.82) is 0 Å². The van der Waals surface area contributed by atoms with Crippen LogP contribution in [-0.2, 0) is 9.53 Å². The van der Waals surface area contributed by atoms with Crippen LogP contribution in [0.1, 0.15) is 13.8 Å². The Bertz CT molecular complexity index is 559. The molecule has 0 unspecified atom stereocenters. The first kappa shape index (κ1) is 15.1. The fourth-order valence-corrected chi connectivity index (χ4v) is 1.82. The van der Waals surface area contributed by atoms with Crippen LogP contribution in [0.2, 0.25) is 0 Å². The fourth-order valence-electron chi connectivity index (χ4n) is 1.82. The quantitative estimate of drug-likeness (QED) is 0.754. The molecule has 0 aliphatic carbocycles. The molecule has 2 aromatic carbocycles. The van der Waals surface area contributed by atoms with Gasteiger partial charge in [0.1, 0.15) is 5.75 Å². The topological polar surface area (TPSA) is 35.5 Å². The summed E-state index contributed by atoms with van der Waals surface area (Å²) in [6.07, 6.45) is 0. The van der Waals surface area contributed by atoms with Crippen molar-refractivity contribution in [1.82, 2.24) is 0 Å². The lowest BCUT2D eigenvalue weighted by Crippen LogP contribution is -2.17. The molecule has 0 spiro atoms. The number of hydrogen-bond acceptors (Lipinski definition) is 3. The van der Waals surface area contributed by atoms with Crippen LogP contribution in [0.5, 0.6) is 5.75 Å². The number of carbonyl (C=O) groups excluding carboxylic acids is 1. The molecule has 3 heteroatoms. The summed E-state index contributed by atoms with van der Waals surface area (Å²) in [5, 5.41) is 0. The van der Waals surface area contributed by atoms with Gasteiger partial charge in [0.15, 0.2) is 6.61 Å². The lowest BCUT2D eigenvalue weighted by molar-refractivity contribution is -0.147. The van der Waals surface area contributed by atoms with Crippen LogP contribution in [0, 0.1) is 5.92 Å². The highest BCUT2D eigenvalue weighted by molar-refractivity contribution is 5.71. The van der Waals surface area contributed by atoms with E-state index >= 15 is 0 Å². The van der Waals surface area contributed by atoms with Gasteiger partial charge in [-0.3, -0.25) is 0 Å². The monoisotopic (exact) mass is 284 g/mol. The highest BCUT2D eigenvalue weighted by Crippen LogP contribution is 2.21. The zero-order valence-electron chi connectivity index (χ0n) is 12.4. The van der Waals surface area contributed by atoms with E-state index in [-0.39, 0.29) is 12.6 Å². The molecule has 2 aromatic rings. The largest absolute Gasteiger partial charge is 0.482 e. The van der Waals surface area contributed by atoms with Gasteiger partial charge in [-0.1, -0.05) is 56.3 Å². The highest BCUT2D eigenvalue weighted by Gasteiger charge is 2.06. The second kappa shape index (κ2) is 7.48. The molecular weight excluding hydrogens is 264 g/mol. The molecule has 0 saturated heterocycles. The van der Waals surface area contributed by atoms with E-state index in [1.54, 1.807) is 0 Å². The molecule has 0 saturated carbocycles. The van der Waals surface area contributed by atoms with Crippen molar-refractivity contribution in [2.75, 3.05) is 13.2 Å². The van der Waals surface area contributed by atoms with Gasteiger partial charge in [-0.2, -0.15) is 0 Å². The van der Waals surface area contributed by atoms with E-state index in [2.05, 4.69) is 12.1 Å². The van der Waals surface area contributed by atoms with E-state index < -0.39 is 0 Å². The van der Waals surface area contributed by atoms with Crippen LogP contribution in [0.4, 0.5) is 0 Å². The predicted octanol–water partition coefficient (Wildman–Crippen LogP) is 3.93. The molecule has 0 amide bonds. The van der Waals surface area contributed by atoms with E-state index in [1.807, 2.05) is 56.3 Å². The van der Waals surface area contributed by atoms with Crippen molar-refractivity contribution < 1.29 is 14.3 Å². The van der Waals surface area contributed by atoms with Gasteiger partial charge in [0.2, 0.25) is 0 Å². The molecule has 0 fully saturated rings. The van der Waals surface area contributed by atoms with Gasteiger partial charge in [-0.05, 0) is 29.2 Å². The lowest BCUT2D eigenvalue weighted by Gasteiger charge is -2.09. The van der Waals surface area contributed by atoms with E-state index in [0.29, 0.717) is 18.3 Å². The van der Waals surface area contributed by atoms with Gasteiger partial charge in [0.25, 0.3) is 0 Å². The van der Waals surface area contributed by atoms with Crippen molar-refractivity contribution in [2.45, 2.75) is 13.8 Å². The molecule has 0 aliphatic heterocycles. The SMILES string of the molecule is CC(C)COC(=O)COc1ccc(-c2ccccc2)cc1. The zero-order valence-corrected chi connectivity index (χ0v) is 12.4. The summed E-state index contributed by atoms with van der Waals surface area (Å²) >= 11 is 0. The van der Waals surface area contributed by atoms with Crippen LogP contribution in [-0.4, -0.2) is 19.2 Å². The first-order valence-electron chi connectivity index (χ1n) is 7.09. The number of hydrogen-bond donors (Lipinski definition) is 0. The summed E-state index contributed by atoms with van der Waals surface area (Å²) in [7, 11) is 0. The molecular formula is C18H20O3. The van der Waals surface area contributed by atoms with Crippen LogP contribution in [0.3, 0.4) is 0 Å². The minimum atomic E-state index is -0.337. The minimum absolute atomic E-state index is 0.0581. The maximum atomic E-state index is 11.5.